The van der Waals surface area contributed by atoms with Crippen LogP contribution in [0, 0.1) is 0 Å². The standard InChI is InChI=1S/C11H14N2O/c1-7-6-14-11-3-9-5-12-4-8(9)2-10(11)13-7/h2-3,7,12-13H,4-6H2,1H3. The van der Waals surface area contributed by atoms with E-state index in [1.54, 1.807) is 0 Å². The normalized spacial score (nSPS) is 23.4. The van der Waals surface area contributed by atoms with Gasteiger partial charge < -0.3 is 15.4 Å². The maximum atomic E-state index is 5.67. The Bertz CT molecular complexity index is 376. The van der Waals surface area contributed by atoms with E-state index in [4.69, 9.17) is 4.74 Å². The third kappa shape index (κ3) is 1.16. The zero-order valence-corrected chi connectivity index (χ0v) is 8.26. The monoisotopic (exact) mass is 190 g/mol. The van der Waals surface area contributed by atoms with Crippen molar-refractivity contribution in [1.29, 1.82) is 0 Å². The van der Waals surface area contributed by atoms with Crippen molar-refractivity contribution in [2.45, 2.75) is 26.1 Å². The molecule has 2 aliphatic rings. The summed E-state index contributed by atoms with van der Waals surface area (Å²) in [7, 11) is 0. The van der Waals surface area contributed by atoms with Gasteiger partial charge in [0.25, 0.3) is 0 Å². The molecule has 1 unspecified atom stereocenters. The molecule has 74 valence electrons. The third-order valence-corrected chi connectivity index (χ3v) is 2.82. The first-order chi connectivity index (χ1) is 6.83. The molecule has 14 heavy (non-hydrogen) atoms. The highest BCUT2D eigenvalue weighted by Crippen LogP contribution is 2.33. The second-order valence-corrected chi connectivity index (χ2v) is 4.08. The van der Waals surface area contributed by atoms with Crippen LogP contribution in [-0.4, -0.2) is 12.6 Å². The average Bonchev–Trinajstić information content (AvgIpc) is 2.61. The van der Waals surface area contributed by atoms with E-state index in [0.29, 0.717) is 6.04 Å². The number of anilines is 1. The first kappa shape index (κ1) is 8.12. The summed E-state index contributed by atoms with van der Waals surface area (Å²) in [6, 6.07) is 4.78. The molecule has 3 nitrogen and oxygen atoms in total. The smallest absolute Gasteiger partial charge is 0.142 e. The lowest BCUT2D eigenvalue weighted by Crippen LogP contribution is -2.28. The Morgan fingerprint density at radius 3 is 2.93 bits per heavy atom. The van der Waals surface area contributed by atoms with E-state index < -0.39 is 0 Å². The highest BCUT2D eigenvalue weighted by Gasteiger charge is 2.19. The van der Waals surface area contributed by atoms with Crippen molar-refractivity contribution >= 4 is 5.69 Å². The molecule has 0 bridgehead atoms. The van der Waals surface area contributed by atoms with Gasteiger partial charge in [-0.15, -0.1) is 0 Å². The van der Waals surface area contributed by atoms with Crippen LogP contribution in [-0.2, 0) is 13.1 Å². The van der Waals surface area contributed by atoms with Gasteiger partial charge in [-0.25, -0.2) is 0 Å². The second kappa shape index (κ2) is 2.89. The molecule has 0 aromatic heterocycles. The first-order valence-electron chi connectivity index (χ1n) is 5.09. The SMILES string of the molecule is CC1COc2cc3c(cc2N1)CNC3. The van der Waals surface area contributed by atoms with Crippen LogP contribution in [0.15, 0.2) is 12.1 Å². The molecule has 3 rings (SSSR count). The summed E-state index contributed by atoms with van der Waals surface area (Å²) in [5, 5.41) is 6.78. The highest BCUT2D eigenvalue weighted by molar-refractivity contribution is 5.62. The topological polar surface area (TPSA) is 33.3 Å². The molecular weight excluding hydrogens is 176 g/mol. The van der Waals surface area contributed by atoms with Gasteiger partial charge in [0.2, 0.25) is 0 Å². The number of ether oxygens (including phenoxy) is 1. The van der Waals surface area contributed by atoms with E-state index in [-0.39, 0.29) is 0 Å². The highest BCUT2D eigenvalue weighted by atomic mass is 16.5. The minimum absolute atomic E-state index is 0.412. The van der Waals surface area contributed by atoms with Gasteiger partial charge >= 0.3 is 0 Å². The predicted octanol–water partition coefficient (Wildman–Crippen LogP) is 1.48. The molecular formula is C11H14N2O. The molecule has 2 heterocycles. The van der Waals surface area contributed by atoms with Gasteiger partial charge in [0.05, 0.1) is 11.7 Å². The number of benzene rings is 1. The fraction of sp³-hybridized carbons (Fsp3) is 0.455. The summed E-state index contributed by atoms with van der Waals surface area (Å²) >= 11 is 0. The van der Waals surface area contributed by atoms with Gasteiger partial charge in [0.15, 0.2) is 0 Å². The largest absolute Gasteiger partial charge is 0.489 e. The lowest BCUT2D eigenvalue weighted by molar-refractivity contribution is 0.291. The van der Waals surface area contributed by atoms with Gasteiger partial charge in [-0.1, -0.05) is 0 Å². The van der Waals surface area contributed by atoms with Crippen LogP contribution in [0.1, 0.15) is 18.1 Å². The fourth-order valence-corrected chi connectivity index (χ4v) is 2.08. The summed E-state index contributed by atoms with van der Waals surface area (Å²) < 4.78 is 5.67. The first-order valence-corrected chi connectivity index (χ1v) is 5.09. The summed E-state index contributed by atoms with van der Waals surface area (Å²) in [6.07, 6.45) is 0. The molecule has 2 N–H and O–H groups in total. The summed E-state index contributed by atoms with van der Waals surface area (Å²) in [5.41, 5.74) is 3.92. The van der Waals surface area contributed by atoms with Gasteiger partial charge in [-0.3, -0.25) is 0 Å². The summed E-state index contributed by atoms with van der Waals surface area (Å²) in [6.45, 7) is 4.85. The van der Waals surface area contributed by atoms with Crippen molar-refractivity contribution < 1.29 is 4.74 Å². The Balaban J connectivity index is 2.06. The van der Waals surface area contributed by atoms with Gasteiger partial charge in [0.1, 0.15) is 12.4 Å². The van der Waals surface area contributed by atoms with Gasteiger partial charge in [0, 0.05) is 13.1 Å². The fourth-order valence-electron chi connectivity index (χ4n) is 2.08. The van der Waals surface area contributed by atoms with E-state index >= 15 is 0 Å². The van der Waals surface area contributed by atoms with Crippen LogP contribution in [0.2, 0.25) is 0 Å². The predicted molar refractivity (Wildman–Crippen MR) is 55.6 cm³/mol. The van der Waals surface area contributed by atoms with Gasteiger partial charge in [-0.05, 0) is 30.2 Å². The molecule has 0 amide bonds. The average molecular weight is 190 g/mol. The lowest BCUT2D eigenvalue weighted by Gasteiger charge is -2.25. The quantitative estimate of drug-likeness (QED) is 0.650. The Morgan fingerprint density at radius 1 is 1.29 bits per heavy atom. The molecule has 0 saturated carbocycles. The number of hydrogen-bond acceptors (Lipinski definition) is 3. The maximum Gasteiger partial charge on any atom is 0.142 e. The van der Waals surface area contributed by atoms with Crippen LogP contribution in [0.3, 0.4) is 0 Å². The molecule has 1 atom stereocenters. The molecule has 0 aliphatic carbocycles. The molecule has 2 aliphatic heterocycles. The van der Waals surface area contributed by atoms with Crippen LogP contribution in [0.25, 0.3) is 0 Å². The van der Waals surface area contributed by atoms with Crippen LogP contribution < -0.4 is 15.4 Å². The molecule has 1 aromatic rings. The minimum Gasteiger partial charge on any atom is -0.489 e. The second-order valence-electron chi connectivity index (χ2n) is 4.08. The van der Waals surface area contributed by atoms with Crippen LogP contribution in [0.4, 0.5) is 5.69 Å². The van der Waals surface area contributed by atoms with Crippen molar-refractivity contribution in [3.8, 4) is 5.75 Å². The van der Waals surface area contributed by atoms with Crippen molar-refractivity contribution in [3.63, 3.8) is 0 Å². The number of hydrogen-bond donors (Lipinski definition) is 2. The van der Waals surface area contributed by atoms with Crippen molar-refractivity contribution in [3.05, 3.63) is 23.3 Å². The number of rotatable bonds is 0. The van der Waals surface area contributed by atoms with Crippen LogP contribution >= 0.6 is 0 Å². The van der Waals surface area contributed by atoms with Crippen LogP contribution in [0.5, 0.6) is 5.75 Å². The molecule has 0 radical (unpaired) electrons. The number of nitrogens with one attached hydrogen (secondary N) is 2. The van der Waals surface area contributed by atoms with E-state index in [2.05, 4.69) is 29.7 Å². The van der Waals surface area contributed by atoms with Gasteiger partial charge in [-0.2, -0.15) is 0 Å². The zero-order valence-electron chi connectivity index (χ0n) is 8.26. The Kier molecular flexibility index (Phi) is 1.67. The molecule has 0 fully saturated rings. The Labute approximate surface area is 83.5 Å². The van der Waals surface area contributed by atoms with E-state index in [9.17, 15) is 0 Å². The zero-order chi connectivity index (χ0) is 9.54. The van der Waals surface area contributed by atoms with E-state index in [1.165, 1.54) is 11.1 Å². The molecule has 0 saturated heterocycles. The van der Waals surface area contributed by atoms with Crippen molar-refractivity contribution in [1.82, 2.24) is 5.32 Å². The lowest BCUT2D eigenvalue weighted by atomic mass is 10.1. The van der Waals surface area contributed by atoms with Crippen molar-refractivity contribution in [2.75, 3.05) is 11.9 Å². The molecule has 0 spiro atoms. The van der Waals surface area contributed by atoms with E-state index in [0.717, 1.165) is 31.1 Å². The molecule has 3 heteroatoms. The summed E-state index contributed by atoms with van der Waals surface area (Å²) in [5.74, 6) is 1.01. The Morgan fingerprint density at radius 2 is 2.07 bits per heavy atom. The number of fused-ring (bicyclic) bond motifs is 2. The maximum absolute atomic E-state index is 5.67. The molecule has 1 aromatic carbocycles. The summed E-state index contributed by atoms with van der Waals surface area (Å²) in [4.78, 5) is 0. The Hall–Kier alpha value is -1.22. The van der Waals surface area contributed by atoms with E-state index in [1.807, 2.05) is 0 Å². The third-order valence-electron chi connectivity index (χ3n) is 2.82. The van der Waals surface area contributed by atoms with Crippen molar-refractivity contribution in [2.24, 2.45) is 0 Å². The minimum atomic E-state index is 0.412.